The zero-order chi connectivity index (χ0) is 19.7. The van der Waals surface area contributed by atoms with Gasteiger partial charge in [0.05, 0.1) is 6.10 Å². The van der Waals surface area contributed by atoms with Crippen LogP contribution in [0.1, 0.15) is 98.3 Å². The van der Waals surface area contributed by atoms with Crippen molar-refractivity contribution in [2.45, 2.75) is 135 Å². The molecule has 2 heterocycles. The van der Waals surface area contributed by atoms with Gasteiger partial charge in [0.15, 0.2) is 12.1 Å². The van der Waals surface area contributed by atoms with Crippen molar-refractivity contribution in [3.05, 3.63) is 0 Å². The Balaban J connectivity index is 1.52. The number of aliphatic hydroxyl groups is 1. The lowest BCUT2D eigenvalue weighted by Gasteiger charge is -2.38. The molecule has 0 radical (unpaired) electrons. The van der Waals surface area contributed by atoms with Crippen molar-refractivity contribution in [3.8, 4) is 0 Å². The number of aliphatic hydroxyl groups excluding tert-OH is 1. The molecular weight excluding hydrogens is 344 g/mol. The summed E-state index contributed by atoms with van der Waals surface area (Å²) in [5, 5.41) is 10.3. The number of unbranched alkanes of at least 4 members (excludes halogenated alkanes) is 10. The Morgan fingerprint density at radius 3 is 1.93 bits per heavy atom. The summed E-state index contributed by atoms with van der Waals surface area (Å²) in [5.74, 6) is -0.706. The highest BCUT2D eigenvalue weighted by Gasteiger charge is 2.54. The van der Waals surface area contributed by atoms with Crippen LogP contribution in [0.3, 0.4) is 0 Å². The van der Waals surface area contributed by atoms with E-state index in [-0.39, 0.29) is 18.3 Å². The number of hydrogen-bond donors (Lipinski definition) is 1. The van der Waals surface area contributed by atoms with Gasteiger partial charge in [0.2, 0.25) is 0 Å². The second-order valence-electron chi connectivity index (χ2n) is 8.67. The molecule has 0 aromatic carbocycles. The maximum absolute atomic E-state index is 10.3. The first-order valence-electron chi connectivity index (χ1n) is 11.3. The van der Waals surface area contributed by atoms with Crippen molar-refractivity contribution in [2.24, 2.45) is 0 Å². The summed E-state index contributed by atoms with van der Waals surface area (Å²) in [4.78, 5) is 0. The molecule has 0 unspecified atom stereocenters. The van der Waals surface area contributed by atoms with Gasteiger partial charge >= 0.3 is 0 Å². The molecule has 5 heteroatoms. The van der Waals surface area contributed by atoms with E-state index in [4.69, 9.17) is 18.9 Å². The van der Waals surface area contributed by atoms with Crippen LogP contribution in [0, 0.1) is 0 Å². The van der Waals surface area contributed by atoms with E-state index in [9.17, 15) is 5.11 Å². The third-order valence-electron chi connectivity index (χ3n) is 5.63. The highest BCUT2D eigenvalue weighted by Crippen LogP contribution is 2.37. The van der Waals surface area contributed by atoms with Crippen molar-refractivity contribution in [1.82, 2.24) is 0 Å². The Hall–Kier alpha value is -0.200. The van der Waals surface area contributed by atoms with E-state index in [1.54, 1.807) is 0 Å². The second kappa shape index (κ2) is 11.7. The highest BCUT2D eigenvalue weighted by molar-refractivity contribution is 4.94. The van der Waals surface area contributed by atoms with Crippen LogP contribution in [-0.4, -0.2) is 48.2 Å². The standard InChI is InChI=1S/C22H42O5/c1-5-6-7-8-9-10-11-12-13-14-15-16-24-21-20-19(18(23)17(2)25-21)26-22(3,4)27-20/h17-21,23H,5-16H2,1-4H3/t17-,18-,19+,20+,21+/m0/s1. The zero-order valence-corrected chi connectivity index (χ0v) is 18.0. The smallest absolute Gasteiger partial charge is 0.186 e. The molecule has 5 nitrogen and oxygen atoms in total. The zero-order valence-electron chi connectivity index (χ0n) is 18.0. The van der Waals surface area contributed by atoms with E-state index in [1.165, 1.54) is 64.2 Å². The number of ether oxygens (including phenoxy) is 4. The summed E-state index contributed by atoms with van der Waals surface area (Å²) < 4.78 is 23.5. The van der Waals surface area contributed by atoms with Crippen molar-refractivity contribution < 1.29 is 24.1 Å². The Morgan fingerprint density at radius 2 is 1.33 bits per heavy atom. The minimum atomic E-state index is -0.706. The third-order valence-corrected chi connectivity index (χ3v) is 5.63. The van der Waals surface area contributed by atoms with Gasteiger partial charge in [-0.25, -0.2) is 0 Å². The summed E-state index contributed by atoms with van der Waals surface area (Å²) >= 11 is 0. The number of fused-ring (bicyclic) bond motifs is 1. The number of rotatable bonds is 13. The SMILES string of the molecule is CCCCCCCCCCCCCO[C@@H]1O[C@@H](C)[C@H](O)[C@H]2OC(C)(C)O[C@@H]12. The third kappa shape index (κ3) is 7.62. The number of hydrogen-bond acceptors (Lipinski definition) is 5. The first-order chi connectivity index (χ1) is 12.9. The quantitative estimate of drug-likeness (QED) is 0.454. The molecule has 0 aliphatic carbocycles. The fourth-order valence-electron chi connectivity index (χ4n) is 4.03. The molecule has 0 aromatic rings. The molecule has 0 amide bonds. The molecule has 2 rings (SSSR count). The van der Waals surface area contributed by atoms with Gasteiger partial charge < -0.3 is 24.1 Å². The molecular formula is C22H42O5. The van der Waals surface area contributed by atoms with Crippen molar-refractivity contribution >= 4 is 0 Å². The molecule has 2 aliphatic heterocycles. The highest BCUT2D eigenvalue weighted by atomic mass is 16.8. The normalized spacial score (nSPS) is 32.6. The molecule has 1 N–H and O–H groups in total. The van der Waals surface area contributed by atoms with Crippen LogP contribution in [0.5, 0.6) is 0 Å². The van der Waals surface area contributed by atoms with Crippen LogP contribution in [0.4, 0.5) is 0 Å². The van der Waals surface area contributed by atoms with E-state index in [0.717, 1.165) is 6.42 Å². The van der Waals surface area contributed by atoms with Crippen LogP contribution in [0.2, 0.25) is 0 Å². The first-order valence-corrected chi connectivity index (χ1v) is 11.3. The predicted molar refractivity (Wildman–Crippen MR) is 107 cm³/mol. The van der Waals surface area contributed by atoms with Crippen LogP contribution in [0.25, 0.3) is 0 Å². The van der Waals surface area contributed by atoms with Gasteiger partial charge in [0.25, 0.3) is 0 Å². The molecule has 0 bridgehead atoms. The molecule has 2 saturated heterocycles. The summed E-state index contributed by atoms with van der Waals surface area (Å²) in [6.07, 6.45) is 12.3. The lowest BCUT2D eigenvalue weighted by atomic mass is 10.00. The molecule has 160 valence electrons. The predicted octanol–water partition coefficient (Wildman–Crippen LogP) is 4.94. The minimum absolute atomic E-state index is 0.314. The van der Waals surface area contributed by atoms with Gasteiger partial charge in [-0.15, -0.1) is 0 Å². The summed E-state index contributed by atoms with van der Waals surface area (Å²) in [6.45, 7) is 8.51. The van der Waals surface area contributed by atoms with Gasteiger partial charge in [-0.05, 0) is 27.2 Å². The fraction of sp³-hybridized carbons (Fsp3) is 1.00. The Bertz CT molecular complexity index is 400. The minimum Gasteiger partial charge on any atom is -0.388 e. The average Bonchev–Trinajstić information content (AvgIpc) is 2.96. The van der Waals surface area contributed by atoms with Gasteiger partial charge in [0, 0.05) is 6.61 Å². The molecule has 2 aliphatic rings. The van der Waals surface area contributed by atoms with Crippen LogP contribution in [-0.2, 0) is 18.9 Å². The van der Waals surface area contributed by atoms with Crippen LogP contribution >= 0.6 is 0 Å². The summed E-state index contributed by atoms with van der Waals surface area (Å²) in [7, 11) is 0. The molecule has 27 heavy (non-hydrogen) atoms. The van der Waals surface area contributed by atoms with E-state index in [0.29, 0.717) is 6.61 Å². The summed E-state index contributed by atoms with van der Waals surface area (Å²) in [6, 6.07) is 0. The maximum Gasteiger partial charge on any atom is 0.186 e. The molecule has 0 saturated carbocycles. The fourth-order valence-corrected chi connectivity index (χ4v) is 4.03. The van der Waals surface area contributed by atoms with Crippen molar-refractivity contribution in [3.63, 3.8) is 0 Å². The molecule has 2 fully saturated rings. The monoisotopic (exact) mass is 386 g/mol. The lowest BCUT2D eigenvalue weighted by molar-refractivity contribution is -0.271. The van der Waals surface area contributed by atoms with Crippen molar-refractivity contribution in [1.29, 1.82) is 0 Å². The summed E-state index contributed by atoms with van der Waals surface area (Å²) in [5.41, 5.74) is 0. The van der Waals surface area contributed by atoms with Gasteiger partial charge in [-0.3, -0.25) is 0 Å². The van der Waals surface area contributed by atoms with Gasteiger partial charge in [0.1, 0.15) is 18.3 Å². The van der Waals surface area contributed by atoms with E-state index in [1.807, 2.05) is 20.8 Å². The van der Waals surface area contributed by atoms with Crippen molar-refractivity contribution in [2.75, 3.05) is 6.61 Å². The van der Waals surface area contributed by atoms with Gasteiger partial charge in [-0.2, -0.15) is 0 Å². The largest absolute Gasteiger partial charge is 0.388 e. The maximum atomic E-state index is 10.3. The Kier molecular flexibility index (Phi) is 10.0. The van der Waals surface area contributed by atoms with Gasteiger partial charge in [-0.1, -0.05) is 71.1 Å². The average molecular weight is 387 g/mol. The first kappa shape index (κ1) is 23.1. The van der Waals surface area contributed by atoms with E-state index >= 15 is 0 Å². The van der Waals surface area contributed by atoms with E-state index < -0.39 is 18.2 Å². The van der Waals surface area contributed by atoms with Crippen LogP contribution in [0.15, 0.2) is 0 Å². The topological polar surface area (TPSA) is 57.2 Å². The Labute approximate surface area is 166 Å². The van der Waals surface area contributed by atoms with Crippen LogP contribution < -0.4 is 0 Å². The lowest BCUT2D eigenvalue weighted by Crippen LogP contribution is -2.56. The Morgan fingerprint density at radius 1 is 0.815 bits per heavy atom. The second-order valence-corrected chi connectivity index (χ2v) is 8.67. The molecule has 5 atom stereocenters. The van der Waals surface area contributed by atoms with E-state index in [2.05, 4.69) is 6.92 Å². The molecule has 0 spiro atoms. The molecule has 0 aromatic heterocycles.